The number of methoxy groups -OCH3 is 3. The summed E-state index contributed by atoms with van der Waals surface area (Å²) in [5, 5.41) is 2.47. The first kappa shape index (κ1) is 31.1. The van der Waals surface area contributed by atoms with Crippen LogP contribution in [0.1, 0.15) is 47.2 Å². The Kier molecular flexibility index (Phi) is 12.1. The van der Waals surface area contributed by atoms with Gasteiger partial charge in [-0.25, -0.2) is 0 Å². The Labute approximate surface area is 241 Å². The van der Waals surface area contributed by atoms with Gasteiger partial charge in [-0.3, -0.25) is 24.4 Å². The number of benzene rings is 1. The molecular weight excluding hydrogens is 524 g/mol. The highest BCUT2D eigenvalue weighted by Gasteiger charge is 2.24. The smallest absolute Gasteiger partial charge is 0.292 e. The van der Waals surface area contributed by atoms with E-state index in [-0.39, 0.29) is 35.6 Å². The van der Waals surface area contributed by atoms with Crippen molar-refractivity contribution in [1.82, 2.24) is 20.2 Å². The summed E-state index contributed by atoms with van der Waals surface area (Å²) in [4.78, 5) is 48.7. The van der Waals surface area contributed by atoms with Crippen LogP contribution in [0.2, 0.25) is 0 Å². The van der Waals surface area contributed by atoms with Crippen LogP contribution in [0.4, 0.5) is 0 Å². The van der Waals surface area contributed by atoms with Crippen LogP contribution in [0, 0.1) is 0 Å². The van der Waals surface area contributed by atoms with Crippen molar-refractivity contribution >= 4 is 17.6 Å². The molecule has 41 heavy (non-hydrogen) atoms. The Morgan fingerprint density at radius 3 is 1.83 bits per heavy atom. The average molecular weight is 563 g/mol. The molecule has 0 aliphatic heterocycles. The zero-order valence-electron chi connectivity index (χ0n) is 24.1. The highest BCUT2D eigenvalue weighted by atomic mass is 16.5. The molecule has 0 spiro atoms. The van der Waals surface area contributed by atoms with E-state index in [0.29, 0.717) is 5.75 Å². The predicted molar refractivity (Wildman–Crippen MR) is 154 cm³/mol. The van der Waals surface area contributed by atoms with Gasteiger partial charge in [0.25, 0.3) is 5.91 Å². The molecule has 10 heteroatoms. The summed E-state index contributed by atoms with van der Waals surface area (Å²) in [5.41, 5.74) is 2.35. The van der Waals surface area contributed by atoms with E-state index in [2.05, 4.69) is 15.3 Å². The summed E-state index contributed by atoms with van der Waals surface area (Å²) in [5.74, 6) is -1.18. The maximum atomic E-state index is 13.1. The van der Waals surface area contributed by atoms with Gasteiger partial charge in [0.2, 0.25) is 17.4 Å². The van der Waals surface area contributed by atoms with Gasteiger partial charge in [0, 0.05) is 43.4 Å². The molecule has 2 amide bonds. The maximum absolute atomic E-state index is 13.1. The third-order valence-electron chi connectivity index (χ3n) is 6.93. The summed E-state index contributed by atoms with van der Waals surface area (Å²) < 4.78 is 15.8. The monoisotopic (exact) mass is 562 g/mol. The molecule has 0 aliphatic carbocycles. The molecule has 2 heterocycles. The van der Waals surface area contributed by atoms with Crippen LogP contribution in [0.3, 0.4) is 0 Å². The number of rotatable bonds is 16. The van der Waals surface area contributed by atoms with Crippen LogP contribution in [-0.2, 0) is 22.4 Å². The van der Waals surface area contributed by atoms with E-state index >= 15 is 0 Å². The van der Waals surface area contributed by atoms with E-state index in [1.807, 2.05) is 36.7 Å². The lowest BCUT2D eigenvalue weighted by molar-refractivity contribution is -0.133. The van der Waals surface area contributed by atoms with Crippen molar-refractivity contribution in [2.45, 2.75) is 44.6 Å². The van der Waals surface area contributed by atoms with Crippen molar-refractivity contribution < 1.29 is 28.6 Å². The van der Waals surface area contributed by atoms with Gasteiger partial charge < -0.3 is 24.4 Å². The fraction of sp³-hybridized carbons (Fsp3) is 0.387. The number of carbonyl (C=O) groups is 3. The van der Waals surface area contributed by atoms with E-state index in [0.717, 1.165) is 49.7 Å². The van der Waals surface area contributed by atoms with E-state index in [9.17, 15) is 14.4 Å². The number of hydrogen-bond donors (Lipinski definition) is 1. The van der Waals surface area contributed by atoms with Crippen LogP contribution >= 0.6 is 0 Å². The van der Waals surface area contributed by atoms with Gasteiger partial charge in [0.05, 0.1) is 27.9 Å². The molecule has 3 rings (SSSR count). The van der Waals surface area contributed by atoms with Crippen LogP contribution in [0.25, 0.3) is 0 Å². The Hall–Kier alpha value is -4.47. The fourth-order valence-corrected chi connectivity index (χ4v) is 4.62. The summed E-state index contributed by atoms with van der Waals surface area (Å²) in [7, 11) is 6.03. The first-order chi connectivity index (χ1) is 19.9. The van der Waals surface area contributed by atoms with Crippen LogP contribution < -0.4 is 19.5 Å². The largest absolute Gasteiger partial charge is 0.493 e. The minimum Gasteiger partial charge on any atom is -0.493 e. The Morgan fingerprint density at radius 1 is 0.854 bits per heavy atom. The average Bonchev–Trinajstić information content (AvgIpc) is 3.02. The van der Waals surface area contributed by atoms with Gasteiger partial charge >= 0.3 is 0 Å². The van der Waals surface area contributed by atoms with Crippen molar-refractivity contribution in [3.8, 4) is 17.2 Å². The van der Waals surface area contributed by atoms with Gasteiger partial charge in [0.15, 0.2) is 11.5 Å². The summed E-state index contributed by atoms with van der Waals surface area (Å²) >= 11 is 0. The highest BCUT2D eigenvalue weighted by molar-refractivity contribution is 6.43. The minimum absolute atomic E-state index is 0.0291. The molecule has 0 aliphatic rings. The molecule has 2 aromatic heterocycles. The summed E-state index contributed by atoms with van der Waals surface area (Å²) in [6, 6.07) is 10.7. The van der Waals surface area contributed by atoms with Crippen LogP contribution in [0.15, 0.2) is 61.2 Å². The normalized spacial score (nSPS) is 10.7. The number of likely N-dealkylation sites (N-methyl/N-ethyl adjacent to an activating group) is 1. The minimum atomic E-state index is -0.897. The maximum Gasteiger partial charge on any atom is 0.292 e. The van der Waals surface area contributed by atoms with Crippen molar-refractivity contribution in [3.63, 3.8) is 0 Å². The van der Waals surface area contributed by atoms with Gasteiger partial charge in [0.1, 0.15) is 0 Å². The number of carbonyl (C=O) groups excluding carboxylic acids is 3. The molecule has 10 nitrogen and oxygen atoms in total. The van der Waals surface area contributed by atoms with Gasteiger partial charge in [-0.2, -0.15) is 0 Å². The first-order valence-corrected chi connectivity index (χ1v) is 13.5. The number of nitrogens with one attached hydrogen (secondary N) is 1. The number of nitrogens with zero attached hydrogens (tertiary/aromatic N) is 3. The predicted octanol–water partition coefficient (Wildman–Crippen LogP) is 3.67. The molecular formula is C31H38N4O6. The zero-order valence-corrected chi connectivity index (χ0v) is 24.1. The lowest BCUT2D eigenvalue weighted by atomic mass is 9.99. The Bertz CT molecular complexity index is 1220. The van der Waals surface area contributed by atoms with Crippen LogP contribution in [-0.4, -0.2) is 73.4 Å². The van der Waals surface area contributed by atoms with Gasteiger partial charge in [-0.15, -0.1) is 0 Å². The highest BCUT2D eigenvalue weighted by Crippen LogP contribution is 2.38. The molecule has 1 N–H and O–H groups in total. The van der Waals surface area contributed by atoms with E-state index in [1.54, 1.807) is 24.3 Å². The van der Waals surface area contributed by atoms with Crippen molar-refractivity contribution in [2.24, 2.45) is 0 Å². The van der Waals surface area contributed by atoms with Crippen molar-refractivity contribution in [3.05, 3.63) is 77.9 Å². The molecule has 0 saturated heterocycles. The third-order valence-corrected chi connectivity index (χ3v) is 6.93. The molecule has 0 radical (unpaired) electrons. The summed E-state index contributed by atoms with van der Waals surface area (Å²) in [6.07, 6.45) is 12.3. The van der Waals surface area contributed by atoms with Crippen molar-refractivity contribution in [2.75, 3.05) is 34.9 Å². The molecule has 0 saturated carbocycles. The second-order valence-electron chi connectivity index (χ2n) is 9.59. The number of aromatic nitrogens is 2. The number of amides is 2. The van der Waals surface area contributed by atoms with Crippen LogP contribution in [0.5, 0.6) is 17.2 Å². The number of ketones is 1. The van der Waals surface area contributed by atoms with E-state index in [1.165, 1.54) is 33.5 Å². The molecule has 0 fully saturated rings. The number of pyridine rings is 2. The Morgan fingerprint density at radius 2 is 1.39 bits per heavy atom. The topological polar surface area (TPSA) is 120 Å². The second kappa shape index (κ2) is 16.0. The summed E-state index contributed by atoms with van der Waals surface area (Å²) in [6.45, 7) is -0.298. The SMILES string of the molecule is COc1cc(C(=O)C(=O)NCC(=O)N(C)C(CCCc2cccnc2)CCCc2cccnc2)cc(OC)c1OC. The van der Waals surface area contributed by atoms with E-state index < -0.39 is 11.7 Å². The molecule has 0 bridgehead atoms. The van der Waals surface area contributed by atoms with Gasteiger partial charge in [-0.1, -0.05) is 12.1 Å². The standard InChI is InChI=1S/C31H38N4O6/c1-35(25(13-5-9-22-11-7-15-32-19-22)14-6-10-23-12-8-16-33-20-23)28(36)21-34-31(38)29(37)24-17-26(39-2)30(41-4)27(18-24)40-3/h7-8,11-12,15-20,25H,5-6,9-10,13-14,21H2,1-4H3,(H,34,38). The number of hydrogen-bond acceptors (Lipinski definition) is 8. The molecule has 3 aromatic rings. The fourth-order valence-electron chi connectivity index (χ4n) is 4.62. The molecule has 0 unspecified atom stereocenters. The van der Waals surface area contributed by atoms with Gasteiger partial charge in [-0.05, 0) is 73.9 Å². The quantitative estimate of drug-likeness (QED) is 0.207. The molecule has 218 valence electrons. The lowest BCUT2D eigenvalue weighted by Crippen LogP contribution is -2.44. The van der Waals surface area contributed by atoms with Crippen molar-refractivity contribution in [1.29, 1.82) is 0 Å². The Balaban J connectivity index is 1.61. The number of ether oxygens (including phenoxy) is 3. The second-order valence-corrected chi connectivity index (χ2v) is 9.59. The molecule has 1 aromatic carbocycles. The third kappa shape index (κ3) is 9.02. The molecule has 0 atom stereocenters. The first-order valence-electron chi connectivity index (χ1n) is 13.5. The van der Waals surface area contributed by atoms with E-state index in [4.69, 9.17) is 14.2 Å². The zero-order chi connectivity index (χ0) is 29.6. The number of aryl methyl sites for hydroxylation is 2. The lowest BCUT2D eigenvalue weighted by Gasteiger charge is -2.29. The number of Topliss-reactive ketones (excluding diaryl/α,β-unsaturated/α-hetero) is 1.